The molecule has 0 saturated carbocycles. The zero-order valence-electron chi connectivity index (χ0n) is 12.5. The Bertz CT molecular complexity index is 280. The molecule has 20 heavy (non-hydrogen) atoms. The lowest BCUT2D eigenvalue weighted by Gasteiger charge is -2.39. The predicted molar refractivity (Wildman–Crippen MR) is 75.7 cm³/mol. The predicted octanol–water partition coefficient (Wildman–Crippen LogP) is -0.755. The molecule has 6 nitrogen and oxygen atoms in total. The maximum atomic E-state index is 10.2. The van der Waals surface area contributed by atoms with E-state index in [0.29, 0.717) is 39.3 Å². The van der Waals surface area contributed by atoms with Crippen LogP contribution in [0.3, 0.4) is 0 Å². The van der Waals surface area contributed by atoms with Crippen LogP contribution in [0.2, 0.25) is 0 Å². The second kappa shape index (κ2) is 6.68. The van der Waals surface area contributed by atoms with Gasteiger partial charge in [-0.15, -0.1) is 0 Å². The van der Waals surface area contributed by atoms with Crippen molar-refractivity contribution in [2.24, 2.45) is 0 Å². The van der Waals surface area contributed by atoms with Crippen LogP contribution in [0, 0.1) is 0 Å². The monoisotopic (exact) mass is 288 g/mol. The Balaban J connectivity index is 1.68. The van der Waals surface area contributed by atoms with E-state index >= 15 is 0 Å². The highest BCUT2D eigenvalue weighted by Crippen LogP contribution is 2.21. The normalized spacial score (nSPS) is 42.6. The highest BCUT2D eigenvalue weighted by Gasteiger charge is 2.36. The minimum absolute atomic E-state index is 0.0406. The molecule has 0 aliphatic carbocycles. The van der Waals surface area contributed by atoms with Crippen molar-refractivity contribution in [1.29, 1.82) is 0 Å². The van der Waals surface area contributed by atoms with E-state index in [1.807, 2.05) is 13.8 Å². The van der Waals surface area contributed by atoms with Crippen LogP contribution in [0.15, 0.2) is 0 Å². The van der Waals surface area contributed by atoms with Crippen LogP contribution >= 0.6 is 0 Å². The van der Waals surface area contributed by atoms with Crippen LogP contribution in [0.5, 0.6) is 0 Å². The van der Waals surface area contributed by atoms with E-state index in [-0.39, 0.29) is 12.1 Å². The molecular weight excluding hydrogens is 260 g/mol. The standard InChI is InChI=1S/C14H28N2O4/c1-13(17)3-7-19-9-11(13)15-5-6-16-12-10-20-8-4-14(12,2)18/h11-12,15-18H,3-10H2,1-2H3/t11-,12-,13-,14-/m1/s1. The molecular formula is C14H28N2O4. The third-order valence-electron chi connectivity index (χ3n) is 4.48. The fourth-order valence-electron chi connectivity index (χ4n) is 2.72. The zero-order chi connectivity index (χ0) is 14.6. The van der Waals surface area contributed by atoms with Gasteiger partial charge in [-0.25, -0.2) is 0 Å². The van der Waals surface area contributed by atoms with Crippen molar-refractivity contribution in [3.05, 3.63) is 0 Å². The Kier molecular flexibility index (Phi) is 5.39. The summed E-state index contributed by atoms with van der Waals surface area (Å²) >= 11 is 0. The van der Waals surface area contributed by atoms with Gasteiger partial charge in [0, 0.05) is 39.1 Å². The van der Waals surface area contributed by atoms with Crippen molar-refractivity contribution in [2.45, 2.75) is 50.0 Å². The van der Waals surface area contributed by atoms with E-state index in [0.717, 1.165) is 13.1 Å². The Morgan fingerprint density at radius 2 is 1.30 bits per heavy atom. The summed E-state index contributed by atoms with van der Waals surface area (Å²) < 4.78 is 10.8. The summed E-state index contributed by atoms with van der Waals surface area (Å²) in [5.74, 6) is 0. The second-order valence-electron chi connectivity index (χ2n) is 6.38. The number of rotatable bonds is 5. The van der Waals surface area contributed by atoms with Gasteiger partial charge in [0.1, 0.15) is 0 Å². The van der Waals surface area contributed by atoms with Crippen molar-refractivity contribution in [1.82, 2.24) is 10.6 Å². The molecule has 0 aromatic rings. The highest BCUT2D eigenvalue weighted by atomic mass is 16.5. The van der Waals surface area contributed by atoms with Crippen molar-refractivity contribution in [3.8, 4) is 0 Å². The summed E-state index contributed by atoms with van der Waals surface area (Å²) in [6.45, 7) is 7.44. The fourth-order valence-corrected chi connectivity index (χ4v) is 2.72. The molecule has 4 atom stereocenters. The molecule has 4 N–H and O–H groups in total. The summed E-state index contributed by atoms with van der Waals surface area (Å²) in [6, 6.07) is -0.0812. The van der Waals surface area contributed by atoms with Gasteiger partial charge in [-0.2, -0.15) is 0 Å². The van der Waals surface area contributed by atoms with Gasteiger partial charge in [0.05, 0.1) is 36.5 Å². The van der Waals surface area contributed by atoms with Crippen LogP contribution in [-0.4, -0.2) is 73.0 Å². The molecule has 0 spiro atoms. The Morgan fingerprint density at radius 1 is 0.900 bits per heavy atom. The summed E-state index contributed by atoms with van der Waals surface area (Å²) in [5.41, 5.74) is -1.42. The average molecular weight is 288 g/mol. The second-order valence-corrected chi connectivity index (χ2v) is 6.38. The van der Waals surface area contributed by atoms with E-state index in [1.54, 1.807) is 0 Å². The van der Waals surface area contributed by atoms with Crippen LogP contribution in [0.4, 0.5) is 0 Å². The Morgan fingerprint density at radius 3 is 1.65 bits per heavy atom. The lowest BCUT2D eigenvalue weighted by atomic mass is 9.91. The third kappa shape index (κ3) is 4.13. The number of ether oxygens (including phenoxy) is 2. The van der Waals surface area contributed by atoms with Gasteiger partial charge in [-0.1, -0.05) is 0 Å². The number of hydrogen-bond acceptors (Lipinski definition) is 6. The van der Waals surface area contributed by atoms with E-state index < -0.39 is 11.2 Å². The maximum absolute atomic E-state index is 10.2. The number of hydrogen-bond donors (Lipinski definition) is 4. The molecule has 6 heteroatoms. The van der Waals surface area contributed by atoms with Crippen LogP contribution in [0.1, 0.15) is 26.7 Å². The molecule has 2 aliphatic rings. The summed E-state index contributed by atoms with van der Waals surface area (Å²) in [6.07, 6.45) is 1.31. The first-order chi connectivity index (χ1) is 9.42. The van der Waals surface area contributed by atoms with E-state index in [4.69, 9.17) is 9.47 Å². The van der Waals surface area contributed by atoms with E-state index in [9.17, 15) is 10.2 Å². The molecule has 2 heterocycles. The number of nitrogens with one attached hydrogen (secondary N) is 2. The summed E-state index contributed by atoms with van der Waals surface area (Å²) in [5, 5.41) is 27.1. The van der Waals surface area contributed by atoms with Gasteiger partial charge in [-0.3, -0.25) is 0 Å². The molecule has 0 aromatic heterocycles. The average Bonchev–Trinajstić information content (AvgIpc) is 2.37. The third-order valence-corrected chi connectivity index (χ3v) is 4.48. The van der Waals surface area contributed by atoms with Crippen molar-refractivity contribution >= 4 is 0 Å². The molecule has 0 bridgehead atoms. The van der Waals surface area contributed by atoms with Gasteiger partial charge in [-0.05, 0) is 13.8 Å². The minimum Gasteiger partial charge on any atom is -0.388 e. The summed E-state index contributed by atoms with van der Waals surface area (Å²) in [7, 11) is 0. The lowest BCUT2D eigenvalue weighted by Crippen LogP contribution is -2.58. The molecule has 0 radical (unpaired) electrons. The molecule has 2 fully saturated rings. The first kappa shape index (κ1) is 16.1. The van der Waals surface area contributed by atoms with E-state index in [2.05, 4.69) is 10.6 Å². The topological polar surface area (TPSA) is 83.0 Å². The first-order valence-electron chi connectivity index (χ1n) is 7.49. The van der Waals surface area contributed by atoms with Gasteiger partial charge >= 0.3 is 0 Å². The van der Waals surface area contributed by atoms with Gasteiger partial charge in [0.25, 0.3) is 0 Å². The summed E-state index contributed by atoms with van der Waals surface area (Å²) in [4.78, 5) is 0. The Labute approximate surface area is 120 Å². The van der Waals surface area contributed by atoms with Gasteiger partial charge in [0.15, 0.2) is 0 Å². The van der Waals surface area contributed by atoms with Crippen molar-refractivity contribution in [3.63, 3.8) is 0 Å². The highest BCUT2D eigenvalue weighted by molar-refractivity contribution is 4.92. The molecule has 2 saturated heterocycles. The van der Waals surface area contributed by atoms with Crippen LogP contribution < -0.4 is 10.6 Å². The fraction of sp³-hybridized carbons (Fsp3) is 1.00. The molecule has 0 aromatic carbocycles. The molecule has 118 valence electrons. The zero-order valence-corrected chi connectivity index (χ0v) is 12.5. The number of aliphatic hydroxyl groups is 2. The molecule has 2 aliphatic heterocycles. The van der Waals surface area contributed by atoms with Gasteiger partial charge in [0.2, 0.25) is 0 Å². The maximum Gasteiger partial charge on any atom is 0.0816 e. The lowest BCUT2D eigenvalue weighted by molar-refractivity contribution is -0.0833. The van der Waals surface area contributed by atoms with E-state index in [1.165, 1.54) is 0 Å². The van der Waals surface area contributed by atoms with Crippen molar-refractivity contribution < 1.29 is 19.7 Å². The molecule has 0 amide bonds. The quantitative estimate of drug-likeness (QED) is 0.498. The van der Waals surface area contributed by atoms with Crippen LogP contribution in [-0.2, 0) is 9.47 Å². The van der Waals surface area contributed by atoms with Crippen molar-refractivity contribution in [2.75, 3.05) is 39.5 Å². The minimum atomic E-state index is -0.711. The first-order valence-corrected chi connectivity index (χ1v) is 7.49. The Hall–Kier alpha value is -0.240. The largest absolute Gasteiger partial charge is 0.388 e. The molecule has 0 unspecified atom stereocenters. The SMILES string of the molecule is C[C@@]1(O)CCOC[C@H]1NCCN[C@@H]1COCC[C@@]1(C)O. The van der Waals surface area contributed by atoms with Crippen LogP contribution in [0.25, 0.3) is 0 Å². The van der Waals surface area contributed by atoms with Gasteiger partial charge < -0.3 is 30.3 Å². The molecule has 2 rings (SSSR count). The smallest absolute Gasteiger partial charge is 0.0816 e.